The Labute approximate surface area is 120 Å². The SMILES string of the molecule is CC(Cc1ccsc1)Nc1ccc(C#N)cc1[N+](=O)[O-]. The second kappa shape index (κ2) is 6.17. The van der Waals surface area contributed by atoms with Crippen LogP contribution in [0.15, 0.2) is 35.0 Å². The molecule has 0 aliphatic rings. The number of rotatable bonds is 5. The van der Waals surface area contributed by atoms with Gasteiger partial charge in [-0.25, -0.2) is 0 Å². The summed E-state index contributed by atoms with van der Waals surface area (Å²) in [5, 5.41) is 27.0. The normalized spacial score (nSPS) is 11.6. The molecule has 5 nitrogen and oxygen atoms in total. The van der Waals surface area contributed by atoms with Crippen molar-refractivity contribution >= 4 is 22.7 Å². The Morgan fingerprint density at radius 1 is 1.50 bits per heavy atom. The van der Waals surface area contributed by atoms with Gasteiger partial charge in [-0.3, -0.25) is 10.1 Å². The number of nitrogens with one attached hydrogen (secondary N) is 1. The molecular weight excluding hydrogens is 274 g/mol. The summed E-state index contributed by atoms with van der Waals surface area (Å²) in [6.07, 6.45) is 0.792. The van der Waals surface area contributed by atoms with Gasteiger partial charge in [-0.1, -0.05) is 0 Å². The van der Waals surface area contributed by atoms with E-state index in [9.17, 15) is 10.1 Å². The molecule has 0 aliphatic heterocycles. The van der Waals surface area contributed by atoms with Crippen molar-refractivity contribution in [2.75, 3.05) is 5.32 Å². The maximum Gasteiger partial charge on any atom is 0.293 e. The Balaban J connectivity index is 2.16. The second-order valence-electron chi connectivity index (χ2n) is 4.48. The number of benzene rings is 1. The van der Waals surface area contributed by atoms with Gasteiger partial charge in [0, 0.05) is 12.1 Å². The fraction of sp³-hybridized carbons (Fsp3) is 0.214. The van der Waals surface area contributed by atoms with Crippen LogP contribution in [0.1, 0.15) is 18.1 Å². The van der Waals surface area contributed by atoms with Crippen molar-refractivity contribution in [1.29, 1.82) is 5.26 Å². The van der Waals surface area contributed by atoms with Gasteiger partial charge in [0.15, 0.2) is 0 Å². The van der Waals surface area contributed by atoms with Gasteiger partial charge >= 0.3 is 0 Å². The fourth-order valence-corrected chi connectivity index (χ4v) is 2.63. The average Bonchev–Trinajstić information content (AvgIpc) is 2.91. The predicted octanol–water partition coefficient (Wildman–Crippen LogP) is 3.57. The van der Waals surface area contributed by atoms with Crippen LogP contribution >= 0.6 is 11.3 Å². The standard InChI is InChI=1S/C14H13N3O2S/c1-10(6-12-4-5-20-9-12)16-13-3-2-11(8-15)7-14(13)17(18)19/h2-5,7,9-10,16H,6H2,1H3. The molecule has 1 aromatic carbocycles. The van der Waals surface area contributed by atoms with E-state index in [2.05, 4.69) is 10.7 Å². The Morgan fingerprint density at radius 3 is 2.90 bits per heavy atom. The smallest absolute Gasteiger partial charge is 0.293 e. The first-order chi connectivity index (χ1) is 9.60. The lowest BCUT2D eigenvalue weighted by Crippen LogP contribution is -2.18. The summed E-state index contributed by atoms with van der Waals surface area (Å²) in [5.41, 5.74) is 1.86. The minimum absolute atomic E-state index is 0.0660. The molecule has 1 unspecified atom stereocenters. The van der Waals surface area contributed by atoms with Crippen LogP contribution in [0.3, 0.4) is 0 Å². The fourth-order valence-electron chi connectivity index (χ4n) is 1.95. The Morgan fingerprint density at radius 2 is 2.30 bits per heavy atom. The molecule has 0 spiro atoms. The highest BCUT2D eigenvalue weighted by Crippen LogP contribution is 2.26. The van der Waals surface area contributed by atoms with Gasteiger partial charge < -0.3 is 5.32 Å². The molecular formula is C14H13N3O2S. The molecule has 1 aromatic heterocycles. The summed E-state index contributed by atoms with van der Waals surface area (Å²) in [6, 6.07) is 8.46. The summed E-state index contributed by atoms with van der Waals surface area (Å²) < 4.78 is 0. The lowest BCUT2D eigenvalue weighted by atomic mass is 10.1. The highest BCUT2D eigenvalue weighted by atomic mass is 32.1. The average molecular weight is 287 g/mol. The molecule has 0 bridgehead atoms. The molecule has 1 heterocycles. The van der Waals surface area contributed by atoms with Gasteiger partial charge in [0.2, 0.25) is 0 Å². The van der Waals surface area contributed by atoms with E-state index in [0.29, 0.717) is 5.69 Å². The summed E-state index contributed by atoms with van der Waals surface area (Å²) in [6.45, 7) is 1.97. The number of nitro benzene ring substituents is 1. The number of nitrogens with zero attached hydrogens (tertiary/aromatic N) is 2. The highest BCUT2D eigenvalue weighted by Gasteiger charge is 2.16. The lowest BCUT2D eigenvalue weighted by molar-refractivity contribution is -0.384. The zero-order valence-corrected chi connectivity index (χ0v) is 11.7. The Bertz CT molecular complexity index is 647. The maximum atomic E-state index is 11.0. The number of anilines is 1. The van der Waals surface area contributed by atoms with Crippen molar-refractivity contribution in [1.82, 2.24) is 0 Å². The van der Waals surface area contributed by atoms with Gasteiger partial charge in [-0.15, -0.1) is 0 Å². The first kappa shape index (κ1) is 14.0. The summed E-state index contributed by atoms with van der Waals surface area (Å²) in [7, 11) is 0. The van der Waals surface area contributed by atoms with Gasteiger partial charge in [0.1, 0.15) is 5.69 Å². The first-order valence-corrected chi connectivity index (χ1v) is 7.00. The van der Waals surface area contributed by atoms with Crippen molar-refractivity contribution in [3.05, 3.63) is 56.3 Å². The van der Waals surface area contributed by atoms with Crippen LogP contribution in [0.25, 0.3) is 0 Å². The molecule has 20 heavy (non-hydrogen) atoms. The zero-order chi connectivity index (χ0) is 14.5. The van der Waals surface area contributed by atoms with Crippen LogP contribution in [0, 0.1) is 21.4 Å². The lowest BCUT2D eigenvalue weighted by Gasteiger charge is -2.14. The molecule has 0 amide bonds. The number of nitro groups is 1. The van der Waals surface area contributed by atoms with Crippen LogP contribution in [0.4, 0.5) is 11.4 Å². The third-order valence-electron chi connectivity index (χ3n) is 2.85. The van der Waals surface area contributed by atoms with Crippen molar-refractivity contribution in [3.63, 3.8) is 0 Å². The molecule has 2 rings (SSSR count). The predicted molar refractivity (Wildman–Crippen MR) is 78.9 cm³/mol. The monoisotopic (exact) mass is 287 g/mol. The van der Waals surface area contributed by atoms with Crippen LogP contribution in [-0.4, -0.2) is 11.0 Å². The topological polar surface area (TPSA) is 79.0 Å². The van der Waals surface area contributed by atoms with Crippen LogP contribution < -0.4 is 5.32 Å². The Hall–Kier alpha value is -2.39. The van der Waals surface area contributed by atoms with Crippen molar-refractivity contribution in [3.8, 4) is 6.07 Å². The largest absolute Gasteiger partial charge is 0.377 e. The third kappa shape index (κ3) is 3.33. The van der Waals surface area contributed by atoms with Crippen molar-refractivity contribution in [2.45, 2.75) is 19.4 Å². The van der Waals surface area contributed by atoms with Gasteiger partial charge in [0.05, 0.1) is 16.6 Å². The van der Waals surface area contributed by atoms with E-state index in [-0.39, 0.29) is 17.3 Å². The molecule has 0 radical (unpaired) electrons. The molecule has 0 saturated carbocycles. The van der Waals surface area contributed by atoms with Gasteiger partial charge in [0.25, 0.3) is 5.69 Å². The van der Waals surface area contributed by atoms with Gasteiger partial charge in [-0.05, 0) is 47.9 Å². The molecule has 2 aromatic rings. The summed E-state index contributed by atoms with van der Waals surface area (Å²) >= 11 is 1.63. The minimum atomic E-state index is -0.472. The van der Waals surface area contributed by atoms with Crippen LogP contribution in [0.2, 0.25) is 0 Å². The first-order valence-electron chi connectivity index (χ1n) is 6.06. The zero-order valence-electron chi connectivity index (χ0n) is 10.9. The molecule has 0 saturated heterocycles. The van der Waals surface area contributed by atoms with E-state index in [1.807, 2.05) is 24.4 Å². The number of hydrogen-bond acceptors (Lipinski definition) is 5. The molecule has 1 atom stereocenters. The van der Waals surface area contributed by atoms with E-state index in [1.54, 1.807) is 23.5 Å². The third-order valence-corrected chi connectivity index (χ3v) is 3.58. The van der Waals surface area contributed by atoms with E-state index in [1.165, 1.54) is 11.6 Å². The second-order valence-corrected chi connectivity index (χ2v) is 5.26. The van der Waals surface area contributed by atoms with E-state index in [4.69, 9.17) is 5.26 Å². The van der Waals surface area contributed by atoms with E-state index >= 15 is 0 Å². The maximum absolute atomic E-state index is 11.0. The summed E-state index contributed by atoms with van der Waals surface area (Å²) in [5.74, 6) is 0. The highest BCUT2D eigenvalue weighted by molar-refractivity contribution is 7.07. The molecule has 6 heteroatoms. The van der Waals surface area contributed by atoms with Crippen LogP contribution in [0.5, 0.6) is 0 Å². The minimum Gasteiger partial charge on any atom is -0.377 e. The molecule has 0 fully saturated rings. The van der Waals surface area contributed by atoms with Crippen molar-refractivity contribution < 1.29 is 4.92 Å². The van der Waals surface area contributed by atoms with E-state index in [0.717, 1.165) is 6.42 Å². The Kier molecular flexibility index (Phi) is 4.33. The molecule has 1 N–H and O–H groups in total. The van der Waals surface area contributed by atoms with E-state index < -0.39 is 4.92 Å². The quantitative estimate of drug-likeness (QED) is 0.673. The number of nitriles is 1. The van der Waals surface area contributed by atoms with Gasteiger partial charge in [-0.2, -0.15) is 16.6 Å². The molecule has 102 valence electrons. The number of hydrogen-bond donors (Lipinski definition) is 1. The number of thiophene rings is 1. The summed E-state index contributed by atoms with van der Waals surface area (Å²) in [4.78, 5) is 10.6. The van der Waals surface area contributed by atoms with Crippen LogP contribution in [-0.2, 0) is 6.42 Å². The van der Waals surface area contributed by atoms with Crippen molar-refractivity contribution in [2.24, 2.45) is 0 Å². The molecule has 0 aliphatic carbocycles.